The third-order valence-corrected chi connectivity index (χ3v) is 18.4. The predicted molar refractivity (Wildman–Crippen MR) is 248 cm³/mol. The van der Waals surface area contributed by atoms with E-state index in [-0.39, 0.29) is 0 Å². The zero-order chi connectivity index (χ0) is 41.2. The smallest absolute Gasteiger partial charge is 0.324 e. The van der Waals surface area contributed by atoms with E-state index in [2.05, 4.69) is 103 Å². The summed E-state index contributed by atoms with van der Waals surface area (Å²) in [5.74, 6) is 0. The highest BCUT2D eigenvalue weighted by atomic mass is 28.3. The summed E-state index contributed by atoms with van der Waals surface area (Å²) in [6, 6.07) is 9.42. The standard InChI is InChI=1S/C42H88N2O8Si4/c1-11-45-33-17-19-35-47-53-37(7)25-29-43(31-27-39(9)55(49-13-3)50-14-4)41-21-23-42(24-22-41)44(32-28-40(10)56(51-15-5)52-16-6)30-26-38(8)54-48-36-20-18-34-46-12-2/h21-24,37-40,55-56H,11-20,25-36,53-54H2,1-10H3. The van der Waals surface area contributed by atoms with Gasteiger partial charge in [0.2, 0.25) is 0 Å². The monoisotopic (exact) mass is 861 g/mol. The molecule has 4 atom stereocenters. The Hall–Kier alpha value is -0.632. The Morgan fingerprint density at radius 1 is 0.464 bits per heavy atom. The molecule has 0 saturated carbocycles. The van der Waals surface area contributed by atoms with E-state index >= 15 is 0 Å². The summed E-state index contributed by atoms with van der Waals surface area (Å²) in [6.07, 6.45) is 8.74. The van der Waals surface area contributed by atoms with Crippen LogP contribution in [0.3, 0.4) is 0 Å². The Labute approximate surface area is 353 Å². The summed E-state index contributed by atoms with van der Waals surface area (Å²) in [4.78, 5) is 5.20. The van der Waals surface area contributed by atoms with Crippen LogP contribution in [0, 0.1) is 0 Å². The van der Waals surface area contributed by atoms with Gasteiger partial charge in [0.1, 0.15) is 0 Å². The summed E-state index contributed by atoms with van der Waals surface area (Å²) in [7, 11) is -4.61. The first kappa shape index (κ1) is 53.4. The number of ether oxygens (including phenoxy) is 2. The molecule has 0 heterocycles. The van der Waals surface area contributed by atoms with E-state index < -0.39 is 38.1 Å². The van der Waals surface area contributed by atoms with Gasteiger partial charge >= 0.3 is 18.6 Å². The molecule has 0 aromatic heterocycles. The van der Waals surface area contributed by atoms with Crippen molar-refractivity contribution >= 4 is 49.5 Å². The molecule has 14 heteroatoms. The van der Waals surface area contributed by atoms with Crippen molar-refractivity contribution in [1.82, 2.24) is 0 Å². The van der Waals surface area contributed by atoms with E-state index in [1.165, 1.54) is 11.4 Å². The Bertz CT molecular complexity index is 919. The van der Waals surface area contributed by atoms with Crippen LogP contribution >= 0.6 is 0 Å². The normalized spacial score (nSPS) is 14.5. The van der Waals surface area contributed by atoms with Gasteiger partial charge < -0.3 is 45.8 Å². The summed E-state index contributed by atoms with van der Waals surface area (Å²) in [6.45, 7) is 33.7. The fraction of sp³-hybridized carbons (Fsp3) is 0.857. The third kappa shape index (κ3) is 25.8. The minimum absolute atomic E-state index is 0.436. The van der Waals surface area contributed by atoms with Crippen LogP contribution in [0.2, 0.25) is 22.2 Å². The molecule has 0 saturated heterocycles. The summed E-state index contributed by atoms with van der Waals surface area (Å²) in [5, 5.41) is 0. The van der Waals surface area contributed by atoms with Crippen LogP contribution in [0.4, 0.5) is 11.4 Å². The van der Waals surface area contributed by atoms with E-state index in [0.29, 0.717) is 22.2 Å². The molecule has 330 valence electrons. The van der Waals surface area contributed by atoms with E-state index in [1.54, 1.807) is 0 Å². The van der Waals surface area contributed by atoms with Gasteiger partial charge in [-0.1, -0.05) is 27.7 Å². The largest absolute Gasteiger partial charge is 0.424 e. The molecule has 0 bridgehead atoms. The molecule has 4 unspecified atom stereocenters. The first-order valence-corrected chi connectivity index (χ1v) is 28.6. The van der Waals surface area contributed by atoms with Gasteiger partial charge in [-0.15, -0.1) is 0 Å². The lowest BCUT2D eigenvalue weighted by Gasteiger charge is -2.31. The second-order valence-corrected chi connectivity index (χ2v) is 24.7. The van der Waals surface area contributed by atoms with Crippen LogP contribution in [-0.2, 0) is 36.0 Å². The zero-order valence-electron chi connectivity index (χ0n) is 37.9. The number of unbranched alkanes of at least 4 members (excludes halogenated alkanes) is 2. The fourth-order valence-corrected chi connectivity index (χ4v) is 12.5. The quantitative estimate of drug-likeness (QED) is 0.0485. The summed E-state index contributed by atoms with van der Waals surface area (Å²) in [5.41, 5.74) is 4.71. The Morgan fingerprint density at radius 3 is 1.11 bits per heavy atom. The van der Waals surface area contributed by atoms with Crippen molar-refractivity contribution in [3.05, 3.63) is 24.3 Å². The van der Waals surface area contributed by atoms with Crippen LogP contribution in [0.5, 0.6) is 0 Å². The van der Waals surface area contributed by atoms with Crippen LogP contribution in [0.15, 0.2) is 24.3 Å². The number of benzene rings is 1. The molecule has 0 N–H and O–H groups in total. The predicted octanol–water partition coefficient (Wildman–Crippen LogP) is 7.68. The van der Waals surface area contributed by atoms with Gasteiger partial charge in [0, 0.05) is 104 Å². The van der Waals surface area contributed by atoms with Crippen molar-refractivity contribution < 1.29 is 36.0 Å². The lowest BCUT2D eigenvalue weighted by atomic mass is 10.2. The third-order valence-electron chi connectivity index (χ3n) is 10.2. The molecule has 0 amide bonds. The second-order valence-electron chi connectivity index (χ2n) is 15.3. The number of nitrogens with zero attached hydrogens (tertiary/aromatic N) is 2. The maximum atomic E-state index is 6.21. The van der Waals surface area contributed by atoms with Crippen molar-refractivity contribution in [2.45, 2.75) is 143 Å². The number of hydrogen-bond donors (Lipinski definition) is 0. The van der Waals surface area contributed by atoms with Crippen molar-refractivity contribution in [3.8, 4) is 0 Å². The zero-order valence-corrected chi connectivity index (χ0v) is 43.0. The van der Waals surface area contributed by atoms with Crippen LogP contribution in [0.1, 0.15) is 121 Å². The molecule has 0 spiro atoms. The summed E-state index contributed by atoms with van der Waals surface area (Å²) >= 11 is 0. The van der Waals surface area contributed by atoms with Crippen molar-refractivity contribution in [1.29, 1.82) is 0 Å². The Kier molecular flexibility index (Phi) is 34.5. The average Bonchev–Trinajstić information content (AvgIpc) is 3.20. The Balaban J connectivity index is 3.07. The highest BCUT2D eigenvalue weighted by Gasteiger charge is 2.24. The molecule has 1 aromatic rings. The number of anilines is 2. The van der Waals surface area contributed by atoms with E-state index in [4.69, 9.17) is 36.0 Å². The molecule has 0 fully saturated rings. The maximum Gasteiger partial charge on any atom is 0.324 e. The highest BCUT2D eigenvalue weighted by molar-refractivity contribution is 6.46. The Morgan fingerprint density at radius 2 is 0.786 bits per heavy atom. The van der Waals surface area contributed by atoms with Gasteiger partial charge in [-0.25, -0.2) is 0 Å². The molecular weight excluding hydrogens is 773 g/mol. The molecule has 56 heavy (non-hydrogen) atoms. The molecule has 0 aliphatic rings. The van der Waals surface area contributed by atoms with E-state index in [9.17, 15) is 0 Å². The van der Waals surface area contributed by atoms with Gasteiger partial charge in [0.25, 0.3) is 0 Å². The molecule has 0 aliphatic heterocycles. The molecule has 1 aromatic carbocycles. The first-order valence-electron chi connectivity index (χ1n) is 22.6. The van der Waals surface area contributed by atoms with Gasteiger partial charge in [-0.05, 0) is 139 Å². The minimum atomic E-state index is -1.72. The fourth-order valence-electron chi connectivity index (χ4n) is 6.61. The summed E-state index contributed by atoms with van der Waals surface area (Å²) < 4.78 is 47.9. The van der Waals surface area contributed by atoms with Crippen molar-refractivity contribution in [2.24, 2.45) is 0 Å². The van der Waals surface area contributed by atoms with Gasteiger partial charge in [0.15, 0.2) is 19.5 Å². The molecule has 0 aliphatic carbocycles. The number of hydrogen-bond acceptors (Lipinski definition) is 10. The van der Waals surface area contributed by atoms with E-state index in [1.807, 2.05) is 0 Å². The van der Waals surface area contributed by atoms with Crippen molar-refractivity contribution in [3.63, 3.8) is 0 Å². The second kappa shape index (κ2) is 36.2. The highest BCUT2D eigenvalue weighted by Crippen LogP contribution is 2.27. The molecule has 1 rings (SSSR count). The van der Waals surface area contributed by atoms with E-state index in [0.717, 1.165) is 144 Å². The minimum Gasteiger partial charge on any atom is -0.424 e. The van der Waals surface area contributed by atoms with Gasteiger partial charge in [-0.3, -0.25) is 0 Å². The lowest BCUT2D eigenvalue weighted by molar-refractivity contribution is 0.139. The number of rotatable bonds is 40. The lowest BCUT2D eigenvalue weighted by Crippen LogP contribution is -2.33. The van der Waals surface area contributed by atoms with Crippen LogP contribution in [0.25, 0.3) is 0 Å². The first-order chi connectivity index (χ1) is 27.2. The SMILES string of the molecule is CCOCCCCO[SiH2]C(C)CCN(CCC(C)[SiH](OCC)OCC)c1ccc(N(CCC(C)[SiH2]OCCCCOCC)CCC(C)[SiH](OCC)OCC)cc1. The van der Waals surface area contributed by atoms with Gasteiger partial charge in [0.05, 0.1) is 0 Å². The average molecular weight is 862 g/mol. The van der Waals surface area contributed by atoms with Crippen LogP contribution in [-0.4, -0.2) is 130 Å². The molecular formula is C42H88N2O8Si4. The van der Waals surface area contributed by atoms with Gasteiger partial charge in [-0.2, -0.15) is 0 Å². The maximum absolute atomic E-state index is 6.21. The topological polar surface area (TPSA) is 80.3 Å². The molecule has 0 radical (unpaired) electrons. The van der Waals surface area contributed by atoms with Crippen LogP contribution < -0.4 is 9.80 Å². The molecule has 10 nitrogen and oxygen atoms in total. The van der Waals surface area contributed by atoms with Crippen molar-refractivity contribution in [2.75, 3.05) is 102 Å².